The third kappa shape index (κ3) is 3.16. The first-order valence-electron chi connectivity index (χ1n) is 5.57. The maximum absolute atomic E-state index is 9.89. The number of hydrogen-bond donors (Lipinski definition) is 4. The summed E-state index contributed by atoms with van der Waals surface area (Å²) >= 11 is 37.0. The number of aromatic hydroxyl groups is 2. The van der Waals surface area contributed by atoms with Gasteiger partial charge < -0.3 is 21.7 Å². The van der Waals surface area contributed by atoms with Gasteiger partial charge in [-0.2, -0.15) is 0 Å². The lowest BCUT2D eigenvalue weighted by atomic mass is 10.3. The molecule has 23 heavy (non-hydrogen) atoms. The van der Waals surface area contributed by atoms with E-state index in [-0.39, 0.29) is 51.3 Å². The highest BCUT2D eigenvalue weighted by atomic mass is 35.5. The van der Waals surface area contributed by atoms with Gasteiger partial charge in [-0.25, -0.2) is 0 Å². The highest BCUT2D eigenvalue weighted by Crippen LogP contribution is 2.55. The molecule has 0 aromatic heterocycles. The van der Waals surface area contributed by atoms with Gasteiger partial charge in [-0.1, -0.05) is 81.4 Å². The Hall–Kier alpha value is -0.270. The van der Waals surface area contributed by atoms with Crippen LogP contribution in [-0.2, 0) is 0 Å². The van der Waals surface area contributed by atoms with E-state index in [1.54, 1.807) is 0 Å². The first-order chi connectivity index (χ1) is 10.6. The largest absolute Gasteiger partial charge is 0.504 e. The van der Waals surface area contributed by atoms with E-state index >= 15 is 0 Å². The standard InChI is InChI=1S/C12H6Cl6N2O2S/c13-1-3(15)11(5(17)9(21)7(1)19)23-12-4(16)2(14)8(20)10(22)6(12)18/h21-22H,19-20H2. The van der Waals surface area contributed by atoms with Crippen LogP contribution in [0.5, 0.6) is 11.5 Å². The molecule has 11 heteroatoms. The SMILES string of the molecule is Nc1c(O)c(Cl)c(Sc2c(Cl)c(O)c(N)c(Cl)c2Cl)c(Cl)c1Cl. The van der Waals surface area contributed by atoms with Crippen molar-refractivity contribution in [3.63, 3.8) is 0 Å². The predicted octanol–water partition coefficient (Wildman–Crippen LogP) is 6.33. The van der Waals surface area contributed by atoms with Gasteiger partial charge >= 0.3 is 0 Å². The Morgan fingerprint density at radius 1 is 0.565 bits per heavy atom. The molecule has 124 valence electrons. The summed E-state index contributed by atoms with van der Waals surface area (Å²) < 4.78 is 0. The zero-order chi connectivity index (χ0) is 17.6. The van der Waals surface area contributed by atoms with Gasteiger partial charge in [0.15, 0.2) is 11.5 Å². The Bertz CT molecular complexity index is 705. The third-order valence-corrected chi connectivity index (χ3v) is 6.93. The van der Waals surface area contributed by atoms with Gasteiger partial charge in [-0.05, 0) is 0 Å². The van der Waals surface area contributed by atoms with E-state index in [9.17, 15) is 10.2 Å². The molecule has 2 aromatic rings. The first kappa shape index (κ1) is 19.1. The van der Waals surface area contributed by atoms with Crippen LogP contribution < -0.4 is 11.5 Å². The van der Waals surface area contributed by atoms with E-state index in [1.165, 1.54) is 0 Å². The predicted molar refractivity (Wildman–Crippen MR) is 99.2 cm³/mol. The topological polar surface area (TPSA) is 92.5 Å². The second-order valence-corrected chi connectivity index (χ2v) is 7.46. The van der Waals surface area contributed by atoms with Crippen molar-refractivity contribution >= 4 is 92.7 Å². The molecule has 2 aromatic carbocycles. The molecule has 0 aliphatic carbocycles. The van der Waals surface area contributed by atoms with Crippen molar-refractivity contribution in [1.29, 1.82) is 0 Å². The minimum atomic E-state index is -0.443. The summed E-state index contributed by atoms with van der Waals surface area (Å²) in [5.74, 6) is -0.886. The summed E-state index contributed by atoms with van der Waals surface area (Å²) in [6.45, 7) is 0. The van der Waals surface area contributed by atoms with Crippen molar-refractivity contribution in [3.8, 4) is 11.5 Å². The number of phenols is 2. The summed E-state index contributed by atoms with van der Waals surface area (Å²) in [4.78, 5) is 0.267. The van der Waals surface area contributed by atoms with Crippen molar-refractivity contribution in [3.05, 3.63) is 30.1 Å². The molecule has 0 unspecified atom stereocenters. The second-order valence-electron chi connectivity index (χ2n) is 4.17. The molecule has 0 saturated carbocycles. The zero-order valence-corrected chi connectivity index (χ0v) is 16.1. The van der Waals surface area contributed by atoms with Crippen molar-refractivity contribution in [2.75, 3.05) is 11.5 Å². The molecule has 0 fully saturated rings. The van der Waals surface area contributed by atoms with E-state index in [0.717, 1.165) is 11.8 Å². The average Bonchev–Trinajstić information content (AvgIpc) is 2.54. The van der Waals surface area contributed by atoms with E-state index in [0.29, 0.717) is 0 Å². The molecule has 0 spiro atoms. The zero-order valence-electron chi connectivity index (χ0n) is 10.7. The summed E-state index contributed by atoms with van der Waals surface area (Å²) in [5, 5.41) is 19.3. The van der Waals surface area contributed by atoms with Gasteiger partial charge in [0.25, 0.3) is 0 Å². The Balaban J connectivity index is 2.71. The molecular weight excluding hydrogens is 449 g/mol. The molecule has 0 bridgehead atoms. The minimum absolute atomic E-state index is 0.0171. The van der Waals surface area contributed by atoms with E-state index in [4.69, 9.17) is 81.1 Å². The fraction of sp³-hybridized carbons (Fsp3) is 0. The van der Waals surface area contributed by atoms with Gasteiger partial charge in [-0.3, -0.25) is 0 Å². The molecular formula is C12H6Cl6N2O2S. The molecule has 2 rings (SSSR count). The second kappa shape index (κ2) is 6.92. The Morgan fingerprint density at radius 3 is 1.17 bits per heavy atom. The van der Waals surface area contributed by atoms with E-state index in [2.05, 4.69) is 0 Å². The number of nitrogen functional groups attached to an aromatic ring is 2. The van der Waals surface area contributed by atoms with Crippen LogP contribution in [0.2, 0.25) is 30.1 Å². The number of benzene rings is 2. The van der Waals surface area contributed by atoms with Gasteiger partial charge in [0.1, 0.15) is 10.0 Å². The van der Waals surface area contributed by atoms with Crippen LogP contribution in [0.15, 0.2) is 9.79 Å². The molecule has 4 nitrogen and oxygen atoms in total. The van der Waals surface area contributed by atoms with Crippen LogP contribution >= 0.6 is 81.4 Å². The van der Waals surface area contributed by atoms with Crippen molar-refractivity contribution in [2.24, 2.45) is 0 Å². The van der Waals surface area contributed by atoms with Gasteiger partial charge in [-0.15, -0.1) is 0 Å². The Kier molecular flexibility index (Phi) is 5.74. The number of hydrogen-bond acceptors (Lipinski definition) is 5. The molecule has 0 aliphatic heterocycles. The lowest BCUT2D eigenvalue weighted by Gasteiger charge is -2.16. The van der Waals surface area contributed by atoms with Crippen LogP contribution in [0.25, 0.3) is 0 Å². The molecule has 0 radical (unpaired) electrons. The fourth-order valence-corrected chi connectivity index (χ4v) is 4.35. The number of halogens is 6. The van der Waals surface area contributed by atoms with Crippen LogP contribution in [0.3, 0.4) is 0 Å². The minimum Gasteiger partial charge on any atom is -0.504 e. The van der Waals surface area contributed by atoms with E-state index < -0.39 is 11.5 Å². The molecule has 0 amide bonds. The summed E-state index contributed by atoms with van der Waals surface area (Å²) in [5.41, 5.74) is 10.8. The van der Waals surface area contributed by atoms with Crippen LogP contribution in [-0.4, -0.2) is 10.2 Å². The number of nitrogens with two attached hydrogens (primary N) is 2. The summed E-state index contributed by atoms with van der Waals surface area (Å²) in [6, 6.07) is 0. The smallest absolute Gasteiger partial charge is 0.160 e. The van der Waals surface area contributed by atoms with Gasteiger partial charge in [0, 0.05) is 0 Å². The normalized spacial score (nSPS) is 11.0. The quantitative estimate of drug-likeness (QED) is 0.241. The van der Waals surface area contributed by atoms with Gasteiger partial charge in [0.2, 0.25) is 0 Å². The number of phenolic OH excluding ortho intramolecular Hbond substituents is 2. The monoisotopic (exact) mass is 452 g/mol. The number of rotatable bonds is 2. The lowest BCUT2D eigenvalue weighted by Crippen LogP contribution is -1.94. The van der Waals surface area contributed by atoms with E-state index in [1.807, 2.05) is 0 Å². The van der Waals surface area contributed by atoms with Crippen LogP contribution in [0, 0.1) is 0 Å². The first-order valence-corrected chi connectivity index (χ1v) is 8.65. The Morgan fingerprint density at radius 2 is 0.870 bits per heavy atom. The highest BCUT2D eigenvalue weighted by Gasteiger charge is 2.25. The number of anilines is 2. The maximum Gasteiger partial charge on any atom is 0.160 e. The molecule has 0 saturated heterocycles. The molecule has 6 N–H and O–H groups in total. The van der Waals surface area contributed by atoms with Crippen LogP contribution in [0.4, 0.5) is 11.4 Å². The molecule has 0 atom stereocenters. The fourth-order valence-electron chi connectivity index (χ4n) is 1.57. The lowest BCUT2D eigenvalue weighted by molar-refractivity contribution is 0.477. The van der Waals surface area contributed by atoms with Crippen molar-refractivity contribution < 1.29 is 10.2 Å². The third-order valence-electron chi connectivity index (χ3n) is 2.79. The molecule has 0 aliphatic rings. The van der Waals surface area contributed by atoms with Crippen molar-refractivity contribution in [2.45, 2.75) is 9.79 Å². The summed E-state index contributed by atoms with van der Waals surface area (Å²) in [6.07, 6.45) is 0. The van der Waals surface area contributed by atoms with Crippen LogP contribution in [0.1, 0.15) is 0 Å². The molecule has 0 heterocycles. The average molecular weight is 455 g/mol. The highest BCUT2D eigenvalue weighted by molar-refractivity contribution is 7.99. The van der Waals surface area contributed by atoms with Gasteiger partial charge in [0.05, 0.1) is 41.3 Å². The maximum atomic E-state index is 9.89. The summed E-state index contributed by atoms with van der Waals surface area (Å²) in [7, 11) is 0. The van der Waals surface area contributed by atoms with Crippen molar-refractivity contribution in [1.82, 2.24) is 0 Å². The Labute approximate surface area is 165 Å².